The molecule has 9 heteroatoms. The van der Waals surface area contributed by atoms with Crippen LogP contribution >= 0.6 is 10.3 Å². The summed E-state index contributed by atoms with van der Waals surface area (Å²) < 4.78 is 41.9. The summed E-state index contributed by atoms with van der Waals surface area (Å²) in [5.41, 5.74) is 2.45. The van der Waals surface area contributed by atoms with Crippen molar-refractivity contribution >= 4 is 26.5 Å². The van der Waals surface area contributed by atoms with Gasteiger partial charge >= 0.3 is 16.2 Å². The van der Waals surface area contributed by atoms with Crippen LogP contribution in [0.2, 0.25) is 0 Å². The third-order valence-corrected chi connectivity index (χ3v) is 8.92. The van der Waals surface area contributed by atoms with E-state index in [1.54, 1.807) is 49.8 Å². The molecule has 2 aromatic carbocycles. The van der Waals surface area contributed by atoms with Gasteiger partial charge in [-0.2, -0.15) is 8.42 Å². The molecule has 0 fully saturated rings. The van der Waals surface area contributed by atoms with Gasteiger partial charge in [-0.05, 0) is 75.6 Å². The van der Waals surface area contributed by atoms with Crippen LogP contribution in [0, 0.1) is 20.8 Å². The maximum absolute atomic E-state index is 12.8. The lowest BCUT2D eigenvalue weighted by atomic mass is 10.1. The van der Waals surface area contributed by atoms with Crippen molar-refractivity contribution in [3.63, 3.8) is 0 Å². The summed E-state index contributed by atoms with van der Waals surface area (Å²) in [6.45, 7) is 8.75. The summed E-state index contributed by atoms with van der Waals surface area (Å²) >= 11 is 0. The first-order chi connectivity index (χ1) is 14.5. The molecule has 0 spiro atoms. The Labute approximate surface area is 186 Å². The molecule has 0 atom stereocenters. The monoisotopic (exact) mass is 469 g/mol. The van der Waals surface area contributed by atoms with Crippen LogP contribution in [0.3, 0.4) is 0 Å². The molecule has 0 radical (unpaired) electrons. The first-order valence-electron chi connectivity index (χ1n) is 9.87. The Morgan fingerprint density at radius 3 is 2.26 bits per heavy atom. The minimum absolute atomic E-state index is 0.122. The normalized spacial score (nSPS) is 12.5. The highest BCUT2D eigenvalue weighted by Gasteiger charge is 2.28. The molecule has 1 N–H and O–H groups in total. The van der Waals surface area contributed by atoms with E-state index in [-0.39, 0.29) is 4.90 Å². The molecule has 0 saturated carbocycles. The Morgan fingerprint density at radius 1 is 1.00 bits per heavy atom. The molecule has 0 saturated heterocycles. The van der Waals surface area contributed by atoms with Gasteiger partial charge in [-0.1, -0.05) is 28.0 Å². The van der Waals surface area contributed by atoms with E-state index in [0.717, 1.165) is 16.0 Å². The van der Waals surface area contributed by atoms with Crippen LogP contribution < -0.4 is 10.1 Å². The predicted octanol–water partition coefficient (Wildman–Crippen LogP) is 4.48. The van der Waals surface area contributed by atoms with Crippen LogP contribution in [0.5, 0.6) is 5.75 Å². The standard InChI is InChI=1S/C22H31NO6S2/c1-7-27-13-12-23-22(24)28-20-14-18(4)21(15-17(20)3)30(5,6)29-31(25,26)19-10-8-16(2)9-11-19/h8-11,14-15H,7,12-13H2,1-6H3,(H,23,24). The topological polar surface area (TPSA) is 90.9 Å². The average molecular weight is 470 g/mol. The lowest BCUT2D eigenvalue weighted by Gasteiger charge is -2.32. The number of carbonyl (C=O) groups is 1. The molecule has 0 heterocycles. The third-order valence-electron chi connectivity index (χ3n) is 4.49. The van der Waals surface area contributed by atoms with Gasteiger partial charge in [0, 0.05) is 18.0 Å². The highest BCUT2D eigenvalue weighted by molar-refractivity contribution is 8.32. The molecule has 0 aliphatic heterocycles. The van der Waals surface area contributed by atoms with Crippen LogP contribution in [0.4, 0.5) is 4.79 Å². The number of hydrogen-bond acceptors (Lipinski definition) is 6. The second kappa shape index (κ2) is 10.5. The molecule has 2 aromatic rings. The van der Waals surface area contributed by atoms with Gasteiger partial charge in [0.05, 0.1) is 11.5 Å². The van der Waals surface area contributed by atoms with Crippen molar-refractivity contribution in [3.8, 4) is 5.75 Å². The van der Waals surface area contributed by atoms with Crippen molar-refractivity contribution in [2.45, 2.75) is 37.5 Å². The number of hydrogen-bond donors (Lipinski definition) is 1. The predicted molar refractivity (Wildman–Crippen MR) is 124 cm³/mol. The Kier molecular flexibility index (Phi) is 8.53. The fourth-order valence-electron chi connectivity index (χ4n) is 2.91. The van der Waals surface area contributed by atoms with Crippen molar-refractivity contribution in [1.29, 1.82) is 0 Å². The highest BCUT2D eigenvalue weighted by Crippen LogP contribution is 2.54. The Bertz CT molecular complexity index is 1020. The molecule has 1 amide bonds. The molecule has 7 nitrogen and oxygen atoms in total. The number of ether oxygens (including phenoxy) is 2. The molecular formula is C22H31NO6S2. The van der Waals surface area contributed by atoms with Gasteiger partial charge < -0.3 is 14.8 Å². The van der Waals surface area contributed by atoms with Gasteiger partial charge in [0.1, 0.15) is 5.75 Å². The number of rotatable bonds is 9. The zero-order chi connectivity index (χ0) is 23.2. The number of aryl methyl sites for hydroxylation is 3. The summed E-state index contributed by atoms with van der Waals surface area (Å²) in [7, 11) is -6.08. The smallest absolute Gasteiger partial charge is 0.410 e. The zero-order valence-corrected chi connectivity index (χ0v) is 20.5. The van der Waals surface area contributed by atoms with Gasteiger partial charge in [0.2, 0.25) is 0 Å². The summed E-state index contributed by atoms with van der Waals surface area (Å²) in [5.74, 6) is 0.409. The minimum Gasteiger partial charge on any atom is -0.410 e. The molecule has 0 unspecified atom stereocenters. The van der Waals surface area contributed by atoms with Crippen molar-refractivity contribution in [2.24, 2.45) is 0 Å². The largest absolute Gasteiger partial charge is 0.412 e. The molecule has 0 aliphatic carbocycles. The van der Waals surface area contributed by atoms with Crippen molar-refractivity contribution in [3.05, 3.63) is 53.1 Å². The molecule has 2 rings (SSSR count). The number of nitrogens with one attached hydrogen (secondary N) is 1. The van der Waals surface area contributed by atoms with Gasteiger partial charge in [-0.25, -0.2) is 8.42 Å². The van der Waals surface area contributed by atoms with E-state index in [2.05, 4.69) is 5.32 Å². The van der Waals surface area contributed by atoms with E-state index < -0.39 is 26.5 Å². The quantitative estimate of drug-likeness (QED) is 0.545. The van der Waals surface area contributed by atoms with Gasteiger partial charge in [0.25, 0.3) is 0 Å². The lowest BCUT2D eigenvalue weighted by molar-refractivity contribution is 0.145. The first-order valence-corrected chi connectivity index (χ1v) is 13.7. The van der Waals surface area contributed by atoms with E-state index in [9.17, 15) is 13.2 Å². The van der Waals surface area contributed by atoms with E-state index in [1.165, 1.54) is 0 Å². The zero-order valence-electron chi connectivity index (χ0n) is 18.9. The number of carbonyl (C=O) groups excluding carboxylic acids is 1. The Morgan fingerprint density at radius 2 is 1.65 bits per heavy atom. The molecule has 172 valence electrons. The number of benzene rings is 2. The lowest BCUT2D eigenvalue weighted by Crippen LogP contribution is -2.30. The molecule has 0 aromatic heterocycles. The average Bonchev–Trinajstić information content (AvgIpc) is 2.67. The van der Waals surface area contributed by atoms with Crippen molar-refractivity contribution in [2.75, 3.05) is 32.3 Å². The highest BCUT2D eigenvalue weighted by atomic mass is 32.3. The second-order valence-electron chi connectivity index (χ2n) is 7.46. The van der Waals surface area contributed by atoms with Crippen LogP contribution in [-0.4, -0.2) is 46.8 Å². The SMILES string of the molecule is CCOCCNC(=O)Oc1cc(C)c(S(C)(C)OS(=O)(=O)c2ccc(C)cc2)cc1C. The van der Waals surface area contributed by atoms with E-state index in [0.29, 0.717) is 31.1 Å². The Hall–Kier alpha value is -2.07. The molecule has 31 heavy (non-hydrogen) atoms. The Balaban J connectivity index is 2.19. The maximum atomic E-state index is 12.8. The van der Waals surface area contributed by atoms with Crippen LogP contribution in [0.1, 0.15) is 23.6 Å². The molecular weight excluding hydrogens is 438 g/mol. The van der Waals surface area contributed by atoms with E-state index >= 15 is 0 Å². The van der Waals surface area contributed by atoms with Crippen LogP contribution in [-0.2, 0) is 18.5 Å². The second-order valence-corrected chi connectivity index (χ2v) is 12.3. The van der Waals surface area contributed by atoms with E-state index in [4.69, 9.17) is 13.1 Å². The van der Waals surface area contributed by atoms with E-state index in [1.807, 2.05) is 26.8 Å². The number of amides is 1. The summed E-state index contributed by atoms with van der Waals surface area (Å²) in [6, 6.07) is 10.1. The summed E-state index contributed by atoms with van der Waals surface area (Å²) in [6.07, 6.45) is 2.99. The maximum Gasteiger partial charge on any atom is 0.412 e. The fraction of sp³-hybridized carbons (Fsp3) is 0.409. The van der Waals surface area contributed by atoms with Gasteiger partial charge in [0.15, 0.2) is 0 Å². The minimum atomic E-state index is -3.93. The van der Waals surface area contributed by atoms with Crippen molar-refractivity contribution in [1.82, 2.24) is 5.32 Å². The first kappa shape index (κ1) is 25.2. The van der Waals surface area contributed by atoms with Crippen molar-refractivity contribution < 1.29 is 26.3 Å². The molecule has 0 bridgehead atoms. The van der Waals surface area contributed by atoms with Gasteiger partial charge in [-0.15, -0.1) is 0 Å². The van der Waals surface area contributed by atoms with Crippen LogP contribution in [0.25, 0.3) is 0 Å². The van der Waals surface area contributed by atoms with Crippen LogP contribution in [0.15, 0.2) is 46.2 Å². The van der Waals surface area contributed by atoms with Gasteiger partial charge in [-0.3, -0.25) is 0 Å². The summed E-state index contributed by atoms with van der Waals surface area (Å²) in [4.78, 5) is 12.9. The third kappa shape index (κ3) is 6.96. The molecule has 0 aliphatic rings. The fourth-order valence-corrected chi connectivity index (χ4v) is 7.08. The summed E-state index contributed by atoms with van der Waals surface area (Å²) in [5, 5.41) is 2.63.